The van der Waals surface area contributed by atoms with Crippen LogP contribution in [0.1, 0.15) is 32.5 Å². The van der Waals surface area contributed by atoms with Gasteiger partial charge in [-0.25, -0.2) is 0 Å². The van der Waals surface area contributed by atoms with Gasteiger partial charge >= 0.3 is 0 Å². The summed E-state index contributed by atoms with van der Waals surface area (Å²) in [6.45, 7) is 7.99. The van der Waals surface area contributed by atoms with Crippen LogP contribution in [0.25, 0.3) is 0 Å². The fourth-order valence-corrected chi connectivity index (χ4v) is 1.70. The third-order valence-corrected chi connectivity index (χ3v) is 2.71. The van der Waals surface area contributed by atoms with Crippen molar-refractivity contribution in [2.45, 2.75) is 39.9 Å². The molecule has 100 valence electrons. The fraction of sp³-hybridized carbons (Fsp3) is 0.500. The molecule has 0 amide bonds. The van der Waals surface area contributed by atoms with Crippen LogP contribution in [-0.2, 0) is 13.1 Å². The van der Waals surface area contributed by atoms with E-state index in [4.69, 9.17) is 0 Å². The molecule has 2 aromatic heterocycles. The highest BCUT2D eigenvalue weighted by Gasteiger charge is 2.03. The molecule has 18 heavy (non-hydrogen) atoms. The van der Waals surface area contributed by atoms with Crippen molar-refractivity contribution in [2.24, 2.45) is 0 Å². The lowest BCUT2D eigenvalue weighted by atomic mass is 10.4. The summed E-state index contributed by atoms with van der Waals surface area (Å²) in [5.41, 5.74) is 2.23. The van der Waals surface area contributed by atoms with E-state index in [1.165, 1.54) is 5.69 Å². The maximum Gasteiger partial charge on any atom is 0.0729 e. The Morgan fingerprint density at radius 2 is 2.11 bits per heavy atom. The zero-order chi connectivity index (χ0) is 12.3. The molecule has 0 aromatic carbocycles. The molecule has 6 heteroatoms. The predicted molar refractivity (Wildman–Crippen MR) is 75.1 cm³/mol. The zero-order valence-electron chi connectivity index (χ0n) is 11.0. The molecule has 0 radical (unpaired) electrons. The Labute approximate surface area is 114 Å². The van der Waals surface area contributed by atoms with Crippen molar-refractivity contribution < 1.29 is 0 Å². The Bertz CT molecular complexity index is 474. The van der Waals surface area contributed by atoms with Crippen molar-refractivity contribution in [1.82, 2.24) is 19.6 Å². The van der Waals surface area contributed by atoms with Crippen LogP contribution in [-0.4, -0.2) is 19.6 Å². The molecular formula is C12H20ClN5. The van der Waals surface area contributed by atoms with Gasteiger partial charge in [-0.1, -0.05) is 0 Å². The van der Waals surface area contributed by atoms with Crippen molar-refractivity contribution >= 4 is 18.1 Å². The first kappa shape index (κ1) is 14.6. The highest BCUT2D eigenvalue weighted by Crippen LogP contribution is 2.11. The van der Waals surface area contributed by atoms with Crippen LogP contribution in [0.4, 0.5) is 5.69 Å². The maximum absolute atomic E-state index is 4.29. The van der Waals surface area contributed by atoms with E-state index in [-0.39, 0.29) is 12.4 Å². The van der Waals surface area contributed by atoms with E-state index in [1.807, 2.05) is 34.0 Å². The Balaban J connectivity index is 0.00000162. The first-order valence-corrected chi connectivity index (χ1v) is 5.99. The lowest BCUT2D eigenvalue weighted by Crippen LogP contribution is -2.07. The highest BCUT2D eigenvalue weighted by molar-refractivity contribution is 5.85. The van der Waals surface area contributed by atoms with Gasteiger partial charge in [0.05, 0.1) is 24.1 Å². The molecule has 0 atom stereocenters. The molecule has 5 nitrogen and oxygen atoms in total. The van der Waals surface area contributed by atoms with E-state index in [0.29, 0.717) is 6.04 Å². The van der Waals surface area contributed by atoms with E-state index in [0.717, 1.165) is 18.8 Å². The zero-order valence-corrected chi connectivity index (χ0v) is 11.8. The van der Waals surface area contributed by atoms with Crippen LogP contribution in [0.15, 0.2) is 24.7 Å². The summed E-state index contributed by atoms with van der Waals surface area (Å²) in [6.07, 6.45) is 5.71. The van der Waals surface area contributed by atoms with E-state index < -0.39 is 0 Å². The van der Waals surface area contributed by atoms with Crippen LogP contribution >= 0.6 is 12.4 Å². The predicted octanol–water partition coefficient (Wildman–Crippen LogP) is 2.71. The highest BCUT2D eigenvalue weighted by atomic mass is 35.5. The van der Waals surface area contributed by atoms with Crippen LogP contribution in [0.5, 0.6) is 0 Å². The van der Waals surface area contributed by atoms with Crippen molar-refractivity contribution in [1.29, 1.82) is 0 Å². The van der Waals surface area contributed by atoms with Gasteiger partial charge in [0.2, 0.25) is 0 Å². The Kier molecular flexibility index (Phi) is 5.22. The normalized spacial score (nSPS) is 10.4. The maximum atomic E-state index is 4.29. The van der Waals surface area contributed by atoms with Gasteiger partial charge in [0.1, 0.15) is 0 Å². The largest absolute Gasteiger partial charge is 0.377 e. The molecule has 2 heterocycles. The van der Waals surface area contributed by atoms with Gasteiger partial charge in [0.25, 0.3) is 0 Å². The van der Waals surface area contributed by atoms with Gasteiger partial charge < -0.3 is 5.32 Å². The molecule has 0 fully saturated rings. The molecule has 2 rings (SSSR count). The second kappa shape index (κ2) is 6.44. The molecule has 1 N–H and O–H groups in total. The van der Waals surface area contributed by atoms with Crippen molar-refractivity contribution in [3.63, 3.8) is 0 Å². The quantitative estimate of drug-likeness (QED) is 0.908. The smallest absolute Gasteiger partial charge is 0.0729 e. The molecule has 0 aliphatic heterocycles. The lowest BCUT2D eigenvalue weighted by Gasteiger charge is -2.06. The fourth-order valence-electron chi connectivity index (χ4n) is 1.70. The number of nitrogens with one attached hydrogen (secondary N) is 1. The third-order valence-electron chi connectivity index (χ3n) is 2.71. The van der Waals surface area contributed by atoms with Crippen molar-refractivity contribution in [3.8, 4) is 0 Å². The monoisotopic (exact) mass is 269 g/mol. The summed E-state index contributed by atoms with van der Waals surface area (Å²) in [5.74, 6) is 0. The Morgan fingerprint density at radius 1 is 1.33 bits per heavy atom. The molecule has 0 spiro atoms. The lowest BCUT2D eigenvalue weighted by molar-refractivity contribution is 0.532. The first-order valence-electron chi connectivity index (χ1n) is 5.99. The first-order chi connectivity index (χ1) is 8.20. The Hall–Kier alpha value is -1.49. The molecule has 0 bridgehead atoms. The van der Waals surface area contributed by atoms with E-state index >= 15 is 0 Å². The average Bonchev–Trinajstić information content (AvgIpc) is 2.95. The second-order valence-electron chi connectivity index (χ2n) is 4.29. The summed E-state index contributed by atoms with van der Waals surface area (Å²) in [6, 6.07) is 2.43. The van der Waals surface area contributed by atoms with Gasteiger partial charge in [0, 0.05) is 25.0 Å². The second-order valence-corrected chi connectivity index (χ2v) is 4.29. The van der Waals surface area contributed by atoms with Crippen LogP contribution in [0.3, 0.4) is 0 Å². The Morgan fingerprint density at radius 3 is 2.72 bits per heavy atom. The number of aryl methyl sites for hydroxylation is 1. The summed E-state index contributed by atoms with van der Waals surface area (Å²) in [4.78, 5) is 0. The summed E-state index contributed by atoms with van der Waals surface area (Å²) >= 11 is 0. The molecule has 0 aliphatic rings. The molecule has 0 saturated heterocycles. The van der Waals surface area contributed by atoms with E-state index in [9.17, 15) is 0 Å². The molecule has 2 aromatic rings. The minimum Gasteiger partial charge on any atom is -0.377 e. The van der Waals surface area contributed by atoms with Crippen LogP contribution < -0.4 is 5.32 Å². The third kappa shape index (κ3) is 3.26. The number of halogens is 1. The number of anilines is 1. The van der Waals surface area contributed by atoms with Gasteiger partial charge in [0.15, 0.2) is 0 Å². The van der Waals surface area contributed by atoms with Gasteiger partial charge in [-0.05, 0) is 26.8 Å². The molecule has 0 aliphatic carbocycles. The topological polar surface area (TPSA) is 47.7 Å². The number of rotatable bonds is 5. The van der Waals surface area contributed by atoms with Crippen LogP contribution in [0, 0.1) is 0 Å². The number of hydrogen-bond donors (Lipinski definition) is 1. The average molecular weight is 270 g/mol. The summed E-state index contributed by atoms with van der Waals surface area (Å²) in [5, 5.41) is 11.9. The minimum absolute atomic E-state index is 0. The van der Waals surface area contributed by atoms with Crippen molar-refractivity contribution in [2.75, 3.05) is 5.32 Å². The van der Waals surface area contributed by atoms with Crippen LogP contribution in [0.2, 0.25) is 0 Å². The molecule has 0 saturated carbocycles. The van der Waals surface area contributed by atoms with Crippen molar-refractivity contribution in [3.05, 3.63) is 30.4 Å². The molecular weight excluding hydrogens is 250 g/mol. The van der Waals surface area contributed by atoms with E-state index in [1.54, 1.807) is 0 Å². The number of nitrogens with zero attached hydrogens (tertiary/aromatic N) is 4. The number of aromatic nitrogens is 4. The number of hydrogen-bond acceptors (Lipinski definition) is 3. The molecule has 0 unspecified atom stereocenters. The van der Waals surface area contributed by atoms with Gasteiger partial charge in [-0.2, -0.15) is 10.2 Å². The SMILES string of the molecule is CCn1nccc1CNc1cnn(C(C)C)c1.Cl. The van der Waals surface area contributed by atoms with Gasteiger partial charge in [-0.15, -0.1) is 12.4 Å². The standard InChI is InChI=1S/C12H19N5.ClH/c1-4-16-12(5-6-14-16)8-13-11-7-15-17(9-11)10(2)3;/h5-7,9-10,13H,4,8H2,1-3H3;1H. The van der Waals surface area contributed by atoms with E-state index in [2.05, 4.69) is 36.3 Å². The minimum atomic E-state index is 0. The summed E-state index contributed by atoms with van der Waals surface area (Å²) in [7, 11) is 0. The van der Waals surface area contributed by atoms with Gasteiger partial charge in [-0.3, -0.25) is 9.36 Å². The summed E-state index contributed by atoms with van der Waals surface area (Å²) < 4.78 is 3.93.